The summed E-state index contributed by atoms with van der Waals surface area (Å²) >= 11 is 0. The van der Waals surface area contributed by atoms with Crippen LogP contribution in [0.15, 0.2) is 5.10 Å². The molecule has 0 radical (unpaired) electrons. The van der Waals surface area contributed by atoms with Gasteiger partial charge in [-0.3, -0.25) is 0 Å². The summed E-state index contributed by atoms with van der Waals surface area (Å²) in [5.74, 6) is 11.4. The highest BCUT2D eigenvalue weighted by atomic mass is 16.3. The van der Waals surface area contributed by atoms with Crippen molar-refractivity contribution in [1.29, 1.82) is 0 Å². The highest BCUT2D eigenvalue weighted by Gasteiger charge is 2.61. The molecule has 0 aliphatic heterocycles. The third-order valence-electron chi connectivity index (χ3n) is 10.8. The Morgan fingerprint density at radius 1 is 1.00 bits per heavy atom. The highest BCUT2D eigenvalue weighted by molar-refractivity contribution is 5.88. The zero-order valence-corrected chi connectivity index (χ0v) is 20.4. The number of nitrogens with zero attached hydrogens (tertiary/aromatic N) is 1. The van der Waals surface area contributed by atoms with Gasteiger partial charge in [-0.1, -0.05) is 53.9 Å². The van der Waals surface area contributed by atoms with Crippen LogP contribution < -0.4 is 5.84 Å². The summed E-state index contributed by atoms with van der Waals surface area (Å²) in [7, 11) is 0. The minimum atomic E-state index is -0.159. The molecule has 0 heterocycles. The molecular formula is C27H48N2O. The number of hydrogen-bond acceptors (Lipinski definition) is 3. The molecule has 0 spiro atoms. The maximum Gasteiger partial charge on any atom is 0.0547 e. The lowest BCUT2D eigenvalue weighted by Crippen LogP contribution is -2.57. The Morgan fingerprint density at radius 3 is 2.40 bits per heavy atom. The van der Waals surface area contributed by atoms with Gasteiger partial charge >= 0.3 is 0 Å². The van der Waals surface area contributed by atoms with Gasteiger partial charge in [0.15, 0.2) is 0 Å². The molecule has 0 aromatic heterocycles. The molecule has 3 heteroatoms. The van der Waals surface area contributed by atoms with E-state index < -0.39 is 0 Å². The molecule has 9 atom stereocenters. The fourth-order valence-corrected chi connectivity index (χ4v) is 9.21. The average molecular weight is 417 g/mol. The summed E-state index contributed by atoms with van der Waals surface area (Å²) in [5.41, 5.74) is 2.04. The van der Waals surface area contributed by atoms with Gasteiger partial charge in [-0.15, -0.1) is 0 Å². The lowest BCUT2D eigenvalue weighted by atomic mass is 9.44. The Bertz CT molecular complexity index is 645. The van der Waals surface area contributed by atoms with Gasteiger partial charge in [0.1, 0.15) is 0 Å². The monoisotopic (exact) mass is 416 g/mol. The van der Waals surface area contributed by atoms with Crippen molar-refractivity contribution in [2.24, 2.45) is 63.2 Å². The van der Waals surface area contributed by atoms with E-state index in [1.165, 1.54) is 50.7 Å². The number of aliphatic hydroxyl groups excluding tert-OH is 1. The summed E-state index contributed by atoms with van der Waals surface area (Å²) in [6.07, 6.45) is 13.8. The van der Waals surface area contributed by atoms with Crippen molar-refractivity contribution in [2.45, 2.75) is 111 Å². The van der Waals surface area contributed by atoms with E-state index in [1.54, 1.807) is 0 Å². The summed E-state index contributed by atoms with van der Waals surface area (Å²) in [6.45, 7) is 12.4. The lowest BCUT2D eigenvalue weighted by molar-refractivity contribution is -0.0939. The molecule has 30 heavy (non-hydrogen) atoms. The Labute approximate surface area is 185 Å². The van der Waals surface area contributed by atoms with Gasteiger partial charge in [0.05, 0.1) is 6.10 Å². The molecule has 4 aliphatic carbocycles. The summed E-state index contributed by atoms with van der Waals surface area (Å²) in [4.78, 5) is 0. The number of rotatable bonds is 5. The first-order chi connectivity index (χ1) is 14.2. The van der Waals surface area contributed by atoms with Crippen LogP contribution in [0.25, 0.3) is 0 Å². The predicted octanol–water partition coefficient (Wildman–Crippen LogP) is 6.39. The Hall–Kier alpha value is -0.570. The number of fused-ring (bicyclic) bond motifs is 5. The molecule has 0 saturated heterocycles. The van der Waals surface area contributed by atoms with Crippen molar-refractivity contribution in [3.8, 4) is 0 Å². The molecule has 0 bridgehead atoms. The van der Waals surface area contributed by atoms with E-state index in [9.17, 15) is 5.11 Å². The van der Waals surface area contributed by atoms with Crippen molar-refractivity contribution < 1.29 is 5.11 Å². The summed E-state index contributed by atoms with van der Waals surface area (Å²) in [5, 5.41) is 14.7. The molecule has 3 nitrogen and oxygen atoms in total. The average Bonchev–Trinajstić information content (AvgIpc) is 3.05. The minimum Gasteiger partial charge on any atom is -0.393 e. The standard InChI is InChI=1S/C27H48N2O/c1-17(2)7-6-8-18(3)21-9-10-22-20-16-25(29-28)24-15-19(30)11-13-27(24,5)23(20)12-14-26(21,22)4/h17-24,30H,6-16,28H2,1-5H3/b29-25-/t18-,19+,20+,21-,22+,23+,24?,26-,27-/m1/s1. The maximum absolute atomic E-state index is 10.4. The first-order valence-corrected chi connectivity index (χ1v) is 13.2. The third-order valence-corrected chi connectivity index (χ3v) is 10.8. The van der Waals surface area contributed by atoms with Crippen molar-refractivity contribution in [3.63, 3.8) is 0 Å². The van der Waals surface area contributed by atoms with Crippen LogP contribution in [0, 0.1) is 52.3 Å². The van der Waals surface area contributed by atoms with E-state index >= 15 is 0 Å². The SMILES string of the molecule is CC(C)CCC[C@@H](C)[C@H]1CC[C@H]2[C@@H]3C/C(=N/N)C4C[C@@H](O)CC[C@]4(C)[C@H]3CC[C@]12C. The van der Waals surface area contributed by atoms with Gasteiger partial charge in [-0.05, 0) is 97.7 Å². The molecule has 0 aromatic carbocycles. The number of aliphatic hydroxyl groups is 1. The fraction of sp³-hybridized carbons (Fsp3) is 0.963. The smallest absolute Gasteiger partial charge is 0.0547 e. The van der Waals surface area contributed by atoms with Crippen LogP contribution >= 0.6 is 0 Å². The molecule has 4 aliphatic rings. The molecule has 0 amide bonds. The highest BCUT2D eigenvalue weighted by Crippen LogP contribution is 2.68. The second kappa shape index (κ2) is 8.41. The predicted molar refractivity (Wildman–Crippen MR) is 126 cm³/mol. The maximum atomic E-state index is 10.4. The number of nitrogens with two attached hydrogens (primary N) is 1. The van der Waals surface area contributed by atoms with Gasteiger partial charge in [-0.2, -0.15) is 5.10 Å². The minimum absolute atomic E-state index is 0.159. The molecule has 172 valence electrons. The van der Waals surface area contributed by atoms with E-state index in [-0.39, 0.29) is 6.10 Å². The zero-order valence-electron chi connectivity index (χ0n) is 20.4. The topological polar surface area (TPSA) is 58.6 Å². The first kappa shape index (κ1) is 22.6. The van der Waals surface area contributed by atoms with Crippen molar-refractivity contribution in [1.82, 2.24) is 0 Å². The van der Waals surface area contributed by atoms with Crippen molar-refractivity contribution >= 4 is 5.71 Å². The van der Waals surface area contributed by atoms with Gasteiger partial charge < -0.3 is 10.9 Å². The first-order valence-electron chi connectivity index (χ1n) is 13.2. The van der Waals surface area contributed by atoms with E-state index in [2.05, 4.69) is 39.7 Å². The largest absolute Gasteiger partial charge is 0.393 e. The summed E-state index contributed by atoms with van der Waals surface area (Å²) in [6, 6.07) is 0. The third kappa shape index (κ3) is 3.65. The quantitative estimate of drug-likeness (QED) is 0.403. The van der Waals surface area contributed by atoms with Gasteiger partial charge in [0.25, 0.3) is 0 Å². The Kier molecular flexibility index (Phi) is 6.34. The van der Waals surface area contributed by atoms with Crippen LogP contribution in [0.4, 0.5) is 0 Å². The van der Waals surface area contributed by atoms with Crippen LogP contribution in [0.3, 0.4) is 0 Å². The van der Waals surface area contributed by atoms with E-state index in [0.29, 0.717) is 16.7 Å². The van der Waals surface area contributed by atoms with Gasteiger partial charge in [0.2, 0.25) is 0 Å². The Balaban J connectivity index is 1.53. The molecule has 0 aromatic rings. The van der Waals surface area contributed by atoms with Crippen LogP contribution in [-0.4, -0.2) is 16.9 Å². The van der Waals surface area contributed by atoms with Crippen LogP contribution in [0.1, 0.15) is 105 Å². The summed E-state index contributed by atoms with van der Waals surface area (Å²) < 4.78 is 0. The van der Waals surface area contributed by atoms with Gasteiger partial charge in [-0.25, -0.2) is 0 Å². The second-order valence-corrected chi connectivity index (χ2v) is 12.7. The normalized spacial score (nSPS) is 48.3. The van der Waals surface area contributed by atoms with E-state index in [1.807, 2.05) is 0 Å². The molecule has 3 N–H and O–H groups in total. The van der Waals surface area contributed by atoms with Crippen molar-refractivity contribution in [3.05, 3.63) is 0 Å². The van der Waals surface area contributed by atoms with Gasteiger partial charge in [0, 0.05) is 11.6 Å². The fourth-order valence-electron chi connectivity index (χ4n) is 9.21. The molecule has 4 saturated carbocycles. The van der Waals surface area contributed by atoms with Crippen LogP contribution in [0.2, 0.25) is 0 Å². The number of hydrogen-bond donors (Lipinski definition) is 2. The van der Waals surface area contributed by atoms with E-state index in [4.69, 9.17) is 5.84 Å². The van der Waals surface area contributed by atoms with E-state index in [0.717, 1.165) is 61.2 Å². The zero-order chi connectivity index (χ0) is 21.7. The lowest BCUT2D eigenvalue weighted by Gasteiger charge is -2.61. The molecular weight excluding hydrogens is 368 g/mol. The molecule has 4 fully saturated rings. The number of hydrazone groups is 1. The second-order valence-electron chi connectivity index (χ2n) is 12.7. The molecule has 1 unspecified atom stereocenters. The van der Waals surface area contributed by atoms with Crippen molar-refractivity contribution in [2.75, 3.05) is 0 Å². The molecule has 4 rings (SSSR count). The Morgan fingerprint density at radius 2 is 1.70 bits per heavy atom. The van der Waals surface area contributed by atoms with Crippen LogP contribution in [0.5, 0.6) is 0 Å². The van der Waals surface area contributed by atoms with Crippen LogP contribution in [-0.2, 0) is 0 Å².